The van der Waals surface area contributed by atoms with E-state index >= 15 is 0 Å². The van der Waals surface area contributed by atoms with Crippen LogP contribution in [0.5, 0.6) is 5.75 Å². The summed E-state index contributed by atoms with van der Waals surface area (Å²) in [7, 11) is 0. The van der Waals surface area contributed by atoms with Gasteiger partial charge in [-0.1, -0.05) is 30.3 Å². The van der Waals surface area contributed by atoms with Crippen molar-refractivity contribution in [3.8, 4) is 5.75 Å². The maximum atomic E-state index is 13.2. The fourth-order valence-corrected chi connectivity index (χ4v) is 3.86. The number of carbonyl (C=O) groups excluding carboxylic acids is 3. The van der Waals surface area contributed by atoms with E-state index in [2.05, 4.69) is 33.6 Å². The van der Waals surface area contributed by atoms with Gasteiger partial charge in [-0.25, -0.2) is 4.79 Å². The lowest BCUT2D eigenvalue weighted by atomic mass is 10.0. The lowest BCUT2D eigenvalue weighted by Crippen LogP contribution is -2.55. The molecule has 196 valence electrons. The van der Waals surface area contributed by atoms with Gasteiger partial charge in [-0.05, 0) is 29.3 Å². The van der Waals surface area contributed by atoms with Crippen molar-refractivity contribution in [2.24, 2.45) is 5.73 Å². The number of carbonyl (C=O) groups is 4. The number of nitrogens with one attached hydrogen (secondary N) is 4. The van der Waals surface area contributed by atoms with Crippen molar-refractivity contribution in [2.45, 2.75) is 31.0 Å². The number of benzene rings is 2. The Morgan fingerprint density at radius 2 is 1.65 bits per heavy atom. The zero-order chi connectivity index (χ0) is 26.9. The molecule has 11 nitrogen and oxygen atoms in total. The van der Waals surface area contributed by atoms with Crippen molar-refractivity contribution in [1.82, 2.24) is 20.9 Å². The zero-order valence-corrected chi connectivity index (χ0v) is 20.7. The second-order valence-electron chi connectivity index (χ2n) is 8.46. The van der Waals surface area contributed by atoms with E-state index in [0.717, 1.165) is 10.9 Å². The van der Waals surface area contributed by atoms with Gasteiger partial charge in [0, 0.05) is 35.7 Å². The van der Waals surface area contributed by atoms with Gasteiger partial charge in [0.1, 0.15) is 17.8 Å². The number of fused-ring (bicyclic) bond motifs is 1. The number of amides is 3. The van der Waals surface area contributed by atoms with Crippen LogP contribution in [0.15, 0.2) is 54.7 Å². The molecule has 37 heavy (non-hydrogen) atoms. The molecule has 0 spiro atoms. The van der Waals surface area contributed by atoms with Crippen LogP contribution in [-0.4, -0.2) is 69.3 Å². The molecular weight excluding hydrogens is 498 g/mol. The van der Waals surface area contributed by atoms with Crippen LogP contribution >= 0.6 is 12.6 Å². The Kier molecular flexibility index (Phi) is 9.52. The third-order valence-electron chi connectivity index (χ3n) is 5.70. The first kappa shape index (κ1) is 27.6. The van der Waals surface area contributed by atoms with Crippen molar-refractivity contribution in [1.29, 1.82) is 0 Å². The smallest absolute Gasteiger partial charge is 0.326 e. The first-order valence-electron chi connectivity index (χ1n) is 11.5. The predicted octanol–water partition coefficient (Wildman–Crippen LogP) is 0.0862. The van der Waals surface area contributed by atoms with Gasteiger partial charge in [0.15, 0.2) is 0 Å². The van der Waals surface area contributed by atoms with Crippen molar-refractivity contribution >= 4 is 47.2 Å². The molecule has 3 aromatic rings. The van der Waals surface area contributed by atoms with Crippen LogP contribution < -0.4 is 21.7 Å². The number of thiol groups is 1. The number of aromatic amines is 1. The molecule has 3 amide bonds. The summed E-state index contributed by atoms with van der Waals surface area (Å²) in [6, 6.07) is 10.1. The SMILES string of the molecule is NC(CS)C(=O)NCC(=O)NC(Cc1ccc(O)cc1)C(=O)NC(Cc1c[nH]c2ccccc12)C(=O)O. The number of carboxylic acid groups (broad SMARTS) is 1. The number of carboxylic acids is 1. The van der Waals surface area contributed by atoms with Crippen LogP contribution in [0.4, 0.5) is 0 Å². The van der Waals surface area contributed by atoms with E-state index in [0.29, 0.717) is 11.1 Å². The molecule has 3 unspecified atom stereocenters. The highest BCUT2D eigenvalue weighted by Crippen LogP contribution is 2.19. The maximum absolute atomic E-state index is 13.2. The minimum absolute atomic E-state index is 0.0153. The van der Waals surface area contributed by atoms with Crippen LogP contribution in [-0.2, 0) is 32.0 Å². The van der Waals surface area contributed by atoms with Gasteiger partial charge >= 0.3 is 5.97 Å². The monoisotopic (exact) mass is 527 g/mol. The Labute approximate surface area is 218 Å². The highest BCUT2D eigenvalue weighted by molar-refractivity contribution is 7.80. The first-order valence-corrected chi connectivity index (χ1v) is 12.1. The van der Waals surface area contributed by atoms with Crippen molar-refractivity contribution in [3.05, 3.63) is 65.9 Å². The third kappa shape index (κ3) is 7.72. The molecule has 8 N–H and O–H groups in total. The number of hydrogen-bond acceptors (Lipinski definition) is 7. The van der Waals surface area contributed by atoms with Crippen molar-refractivity contribution in [3.63, 3.8) is 0 Å². The van der Waals surface area contributed by atoms with E-state index in [9.17, 15) is 29.4 Å². The summed E-state index contributed by atoms with van der Waals surface area (Å²) in [5.41, 5.74) is 7.74. The number of hydrogen-bond donors (Lipinski definition) is 8. The fraction of sp³-hybridized carbons (Fsp3) is 0.280. The summed E-state index contributed by atoms with van der Waals surface area (Å²) < 4.78 is 0. The largest absolute Gasteiger partial charge is 0.508 e. The number of aliphatic carboxylic acids is 1. The number of para-hydroxylation sites is 1. The highest BCUT2D eigenvalue weighted by Gasteiger charge is 2.28. The fourth-order valence-electron chi connectivity index (χ4n) is 3.70. The molecule has 0 bridgehead atoms. The van der Waals surface area contributed by atoms with Gasteiger partial charge in [-0.3, -0.25) is 14.4 Å². The number of H-pyrrole nitrogens is 1. The van der Waals surface area contributed by atoms with Gasteiger partial charge in [-0.2, -0.15) is 12.6 Å². The molecule has 0 aliphatic rings. The second kappa shape index (κ2) is 12.8. The lowest BCUT2D eigenvalue weighted by Gasteiger charge is -2.22. The molecule has 3 atom stereocenters. The predicted molar refractivity (Wildman–Crippen MR) is 140 cm³/mol. The Balaban J connectivity index is 1.73. The molecular formula is C25H29N5O6S. The van der Waals surface area contributed by atoms with E-state index in [1.165, 1.54) is 12.1 Å². The van der Waals surface area contributed by atoms with Crippen LogP contribution in [0.25, 0.3) is 10.9 Å². The van der Waals surface area contributed by atoms with Gasteiger partial charge in [-0.15, -0.1) is 0 Å². The molecule has 0 fully saturated rings. The topological polar surface area (TPSA) is 187 Å². The summed E-state index contributed by atoms with van der Waals surface area (Å²) in [5.74, 6) is -3.07. The third-order valence-corrected chi connectivity index (χ3v) is 6.09. The lowest BCUT2D eigenvalue weighted by molar-refractivity contribution is -0.142. The summed E-state index contributed by atoms with van der Waals surface area (Å²) in [5, 5.41) is 27.6. The number of aromatic nitrogens is 1. The number of phenols is 1. The summed E-state index contributed by atoms with van der Waals surface area (Å²) in [4.78, 5) is 52.6. The maximum Gasteiger partial charge on any atom is 0.326 e. The first-order chi connectivity index (χ1) is 17.7. The number of rotatable bonds is 12. The molecule has 3 rings (SSSR count). The molecule has 12 heteroatoms. The molecule has 2 aromatic carbocycles. The Hall–Kier alpha value is -4.03. The number of aromatic hydroxyl groups is 1. The minimum Gasteiger partial charge on any atom is -0.508 e. The summed E-state index contributed by atoms with van der Waals surface area (Å²) >= 11 is 3.94. The quantitative estimate of drug-likeness (QED) is 0.153. The molecule has 0 radical (unpaired) electrons. The minimum atomic E-state index is -1.26. The molecule has 0 aliphatic heterocycles. The van der Waals surface area contributed by atoms with Crippen molar-refractivity contribution in [2.75, 3.05) is 12.3 Å². The van der Waals surface area contributed by atoms with E-state index in [1.54, 1.807) is 18.3 Å². The van der Waals surface area contributed by atoms with Crippen molar-refractivity contribution < 1.29 is 29.4 Å². The highest BCUT2D eigenvalue weighted by atomic mass is 32.1. The average Bonchev–Trinajstić information content (AvgIpc) is 3.29. The molecule has 0 saturated carbocycles. The van der Waals surface area contributed by atoms with Gasteiger partial charge in [0.25, 0.3) is 0 Å². The van der Waals surface area contributed by atoms with Crippen LogP contribution in [0.1, 0.15) is 11.1 Å². The number of phenolic OH excluding ortho intramolecular Hbond substituents is 1. The zero-order valence-electron chi connectivity index (χ0n) is 19.8. The van der Waals surface area contributed by atoms with E-state index < -0.39 is 48.4 Å². The molecule has 0 aliphatic carbocycles. The Morgan fingerprint density at radius 1 is 0.946 bits per heavy atom. The van der Waals surface area contributed by atoms with E-state index in [1.807, 2.05) is 24.3 Å². The molecule has 1 aromatic heterocycles. The Bertz CT molecular complexity index is 1260. The van der Waals surface area contributed by atoms with E-state index in [-0.39, 0.29) is 24.3 Å². The van der Waals surface area contributed by atoms with Gasteiger partial charge < -0.3 is 36.9 Å². The van der Waals surface area contributed by atoms with Crippen LogP contribution in [0.3, 0.4) is 0 Å². The standard InChI is InChI=1S/C25H29N5O6S/c26-18(13-37)23(33)28-12-22(32)29-20(9-14-5-7-16(31)8-6-14)24(34)30-21(25(35)36)10-15-11-27-19-4-2-1-3-17(15)19/h1-8,11,18,20-21,27,31,37H,9-10,12-13,26H2,(H,28,33)(H,29,32)(H,30,34)(H,35,36). The molecule has 1 heterocycles. The molecule has 0 saturated heterocycles. The average molecular weight is 528 g/mol. The number of nitrogens with two attached hydrogens (primary N) is 1. The van der Waals surface area contributed by atoms with Crippen LogP contribution in [0.2, 0.25) is 0 Å². The summed E-state index contributed by atoms with van der Waals surface area (Å²) in [6.07, 6.45) is 1.73. The van der Waals surface area contributed by atoms with Crippen LogP contribution in [0, 0.1) is 0 Å². The normalized spacial score (nSPS) is 13.4. The Morgan fingerprint density at radius 3 is 2.32 bits per heavy atom. The summed E-state index contributed by atoms with van der Waals surface area (Å²) in [6.45, 7) is -0.433. The van der Waals surface area contributed by atoms with Gasteiger partial charge in [0.05, 0.1) is 12.6 Å². The van der Waals surface area contributed by atoms with Gasteiger partial charge in [0.2, 0.25) is 17.7 Å². The second-order valence-corrected chi connectivity index (χ2v) is 8.83. The van der Waals surface area contributed by atoms with E-state index in [4.69, 9.17) is 5.73 Å².